The van der Waals surface area contributed by atoms with Crippen molar-refractivity contribution in [1.29, 1.82) is 5.26 Å². The summed E-state index contributed by atoms with van der Waals surface area (Å²) < 4.78 is 24.3. The Kier molecular flexibility index (Phi) is 5.90. The smallest absolute Gasteiger partial charge is 0.179 e. The molecule has 0 aliphatic heterocycles. The Labute approximate surface area is 127 Å². The average molecular weight is 309 g/mol. The minimum absolute atomic E-state index is 0.0296. The van der Waals surface area contributed by atoms with Gasteiger partial charge in [-0.3, -0.25) is 0 Å². The van der Waals surface area contributed by atoms with Crippen LogP contribution in [0.15, 0.2) is 29.2 Å². The fraction of sp³-hybridized carbons (Fsp3) is 0.533. The first-order chi connectivity index (χ1) is 9.69. The molecule has 1 aromatic carbocycles. The van der Waals surface area contributed by atoms with Crippen molar-refractivity contribution in [3.8, 4) is 6.07 Å². The summed E-state index contributed by atoms with van der Waals surface area (Å²) in [6.07, 6.45) is 0. The topological polar surface area (TPSA) is 73.2 Å². The average Bonchev–Trinajstić information content (AvgIpc) is 2.43. The highest BCUT2D eigenvalue weighted by atomic mass is 32.2. The summed E-state index contributed by atoms with van der Waals surface area (Å²) in [5, 5.41) is 11.9. The molecule has 1 rings (SSSR count). The summed E-state index contributed by atoms with van der Waals surface area (Å²) in [6.45, 7) is 5.30. The van der Waals surface area contributed by atoms with Gasteiger partial charge in [-0.25, -0.2) is 8.42 Å². The number of rotatable bonds is 7. The molecule has 0 spiro atoms. The van der Waals surface area contributed by atoms with Crippen LogP contribution in [0.4, 0.5) is 0 Å². The van der Waals surface area contributed by atoms with Gasteiger partial charge in [0.25, 0.3) is 0 Å². The predicted octanol–water partition coefficient (Wildman–Crippen LogP) is 1.26. The molecular weight excluding hydrogens is 286 g/mol. The van der Waals surface area contributed by atoms with Gasteiger partial charge < -0.3 is 10.2 Å². The lowest BCUT2D eigenvalue weighted by Gasteiger charge is -2.32. The van der Waals surface area contributed by atoms with Crippen LogP contribution in [0.5, 0.6) is 0 Å². The third kappa shape index (κ3) is 5.12. The summed E-state index contributed by atoms with van der Waals surface area (Å²) in [5.74, 6) is 0.0441. The Morgan fingerprint density at radius 3 is 2.29 bits per heavy atom. The molecule has 1 aromatic rings. The Morgan fingerprint density at radius 1 is 1.24 bits per heavy atom. The molecule has 0 aliphatic rings. The van der Waals surface area contributed by atoms with Crippen molar-refractivity contribution in [3.63, 3.8) is 0 Å². The van der Waals surface area contributed by atoms with Gasteiger partial charge in [-0.2, -0.15) is 5.26 Å². The molecule has 116 valence electrons. The monoisotopic (exact) mass is 309 g/mol. The van der Waals surface area contributed by atoms with Crippen LogP contribution in [0.3, 0.4) is 0 Å². The highest BCUT2D eigenvalue weighted by Crippen LogP contribution is 2.12. The Balaban J connectivity index is 2.56. The molecule has 0 aromatic heterocycles. The fourth-order valence-corrected chi connectivity index (χ4v) is 2.81. The molecule has 0 radical (unpaired) electrons. The summed E-state index contributed by atoms with van der Waals surface area (Å²) in [7, 11) is 0.682. The summed E-state index contributed by atoms with van der Waals surface area (Å²) in [4.78, 5) is 2.35. The minimum Gasteiger partial charge on any atom is -0.314 e. The van der Waals surface area contributed by atoms with E-state index in [2.05, 4.69) is 24.1 Å². The number of benzene rings is 1. The fourth-order valence-electron chi connectivity index (χ4n) is 1.61. The highest BCUT2D eigenvalue weighted by Gasteiger charge is 2.20. The number of hydrogen-bond acceptors (Lipinski definition) is 5. The van der Waals surface area contributed by atoms with E-state index in [1.807, 2.05) is 20.2 Å². The van der Waals surface area contributed by atoms with E-state index >= 15 is 0 Å². The van der Waals surface area contributed by atoms with E-state index in [0.717, 1.165) is 0 Å². The van der Waals surface area contributed by atoms with Gasteiger partial charge in [0.1, 0.15) is 0 Å². The van der Waals surface area contributed by atoms with Gasteiger partial charge in [-0.05, 0) is 52.2 Å². The third-order valence-electron chi connectivity index (χ3n) is 3.66. The van der Waals surface area contributed by atoms with Crippen LogP contribution >= 0.6 is 0 Å². The molecule has 0 saturated carbocycles. The van der Waals surface area contributed by atoms with Crippen LogP contribution in [0.2, 0.25) is 0 Å². The van der Waals surface area contributed by atoms with E-state index in [9.17, 15) is 8.42 Å². The largest absolute Gasteiger partial charge is 0.314 e. The molecule has 21 heavy (non-hydrogen) atoms. The number of hydrogen-bond donors (Lipinski definition) is 1. The number of likely N-dealkylation sites (N-methyl/N-ethyl adjacent to an activating group) is 1. The molecule has 0 bridgehead atoms. The zero-order valence-corrected chi connectivity index (χ0v) is 13.9. The van der Waals surface area contributed by atoms with E-state index in [0.29, 0.717) is 18.7 Å². The summed E-state index contributed by atoms with van der Waals surface area (Å²) in [6, 6.07) is 7.99. The van der Waals surface area contributed by atoms with Gasteiger partial charge in [0.15, 0.2) is 9.84 Å². The normalized spacial score (nSPS) is 12.4. The zero-order chi connectivity index (χ0) is 16.1. The second-order valence-corrected chi connectivity index (χ2v) is 7.95. The second-order valence-electron chi connectivity index (χ2n) is 5.84. The molecule has 6 heteroatoms. The highest BCUT2D eigenvalue weighted by molar-refractivity contribution is 7.91. The molecule has 0 amide bonds. The van der Waals surface area contributed by atoms with E-state index in [-0.39, 0.29) is 16.2 Å². The van der Waals surface area contributed by atoms with Crippen LogP contribution in [-0.4, -0.2) is 51.8 Å². The minimum atomic E-state index is -3.31. The van der Waals surface area contributed by atoms with Gasteiger partial charge >= 0.3 is 0 Å². The van der Waals surface area contributed by atoms with Crippen molar-refractivity contribution in [1.82, 2.24) is 10.2 Å². The third-order valence-corrected chi connectivity index (χ3v) is 5.39. The van der Waals surface area contributed by atoms with E-state index < -0.39 is 9.84 Å². The molecule has 0 fully saturated rings. The van der Waals surface area contributed by atoms with Crippen LogP contribution < -0.4 is 5.32 Å². The first-order valence-corrected chi connectivity index (χ1v) is 8.45. The lowest BCUT2D eigenvalue weighted by molar-refractivity contribution is 0.191. The van der Waals surface area contributed by atoms with Crippen molar-refractivity contribution in [3.05, 3.63) is 29.8 Å². The van der Waals surface area contributed by atoms with Gasteiger partial charge in [0, 0.05) is 18.6 Å². The van der Waals surface area contributed by atoms with Crippen LogP contribution in [-0.2, 0) is 9.84 Å². The molecule has 0 saturated heterocycles. The van der Waals surface area contributed by atoms with Crippen LogP contribution in [0.25, 0.3) is 0 Å². The maximum Gasteiger partial charge on any atom is 0.179 e. The Morgan fingerprint density at radius 2 is 1.81 bits per heavy atom. The predicted molar refractivity (Wildman–Crippen MR) is 83.8 cm³/mol. The molecule has 0 aliphatic carbocycles. The molecule has 0 unspecified atom stereocenters. The van der Waals surface area contributed by atoms with Crippen molar-refractivity contribution in [2.24, 2.45) is 0 Å². The number of nitrogens with zero attached hydrogens (tertiary/aromatic N) is 2. The second kappa shape index (κ2) is 7.03. The number of nitriles is 1. The standard InChI is InChI=1S/C15H23N3O2S/c1-15(2,18(3)4)12-17-9-10-21(19,20)14-7-5-13(11-16)6-8-14/h5-8,17H,9-10,12H2,1-4H3. The molecule has 0 atom stereocenters. The summed E-state index contributed by atoms with van der Waals surface area (Å²) >= 11 is 0. The lowest BCUT2D eigenvalue weighted by Crippen LogP contribution is -2.47. The molecule has 5 nitrogen and oxygen atoms in total. The molecule has 0 heterocycles. The zero-order valence-electron chi connectivity index (χ0n) is 13.0. The molecule has 1 N–H and O–H groups in total. The maximum absolute atomic E-state index is 12.2. The first-order valence-electron chi connectivity index (χ1n) is 6.80. The summed E-state index contributed by atoms with van der Waals surface area (Å²) in [5.41, 5.74) is 0.429. The van der Waals surface area contributed by atoms with Crippen LogP contribution in [0.1, 0.15) is 19.4 Å². The molecular formula is C15H23N3O2S. The van der Waals surface area contributed by atoms with Gasteiger partial charge in [0.2, 0.25) is 0 Å². The van der Waals surface area contributed by atoms with E-state index in [1.165, 1.54) is 24.3 Å². The van der Waals surface area contributed by atoms with Gasteiger partial charge in [0.05, 0.1) is 22.3 Å². The SMILES string of the molecule is CN(C)C(C)(C)CNCCS(=O)(=O)c1ccc(C#N)cc1. The Bertz CT molecular complexity index is 599. The van der Waals surface area contributed by atoms with Crippen molar-refractivity contribution in [2.45, 2.75) is 24.3 Å². The van der Waals surface area contributed by atoms with Crippen LogP contribution in [0, 0.1) is 11.3 Å². The number of nitrogens with one attached hydrogen (secondary N) is 1. The van der Waals surface area contributed by atoms with E-state index in [4.69, 9.17) is 5.26 Å². The van der Waals surface area contributed by atoms with Gasteiger partial charge in [-0.15, -0.1) is 0 Å². The van der Waals surface area contributed by atoms with E-state index in [1.54, 1.807) is 0 Å². The quantitative estimate of drug-likeness (QED) is 0.768. The Hall–Kier alpha value is -1.42. The lowest BCUT2D eigenvalue weighted by atomic mass is 10.0. The maximum atomic E-state index is 12.2. The number of sulfone groups is 1. The van der Waals surface area contributed by atoms with Crippen molar-refractivity contribution in [2.75, 3.05) is 32.9 Å². The van der Waals surface area contributed by atoms with Gasteiger partial charge in [-0.1, -0.05) is 0 Å². The first kappa shape index (κ1) is 17.6. The van der Waals surface area contributed by atoms with Crippen molar-refractivity contribution >= 4 is 9.84 Å². The van der Waals surface area contributed by atoms with Crippen molar-refractivity contribution < 1.29 is 8.42 Å².